The molecule has 2 aliphatic rings. The Morgan fingerprint density at radius 2 is 2.18 bits per heavy atom. The summed E-state index contributed by atoms with van der Waals surface area (Å²) in [6, 6.07) is -0.714. The molecule has 0 spiro atoms. The summed E-state index contributed by atoms with van der Waals surface area (Å²) in [6.07, 6.45) is -3.20. The minimum atomic E-state index is -1.13. The van der Waals surface area contributed by atoms with Gasteiger partial charge < -0.3 is 24.4 Å². The molecule has 0 aromatic carbocycles. The minimum absolute atomic E-state index is 0.481. The minimum Gasteiger partial charge on any atom is -0.394 e. The molecule has 17 heavy (non-hydrogen) atoms. The molecule has 8 nitrogen and oxygen atoms in total. The van der Waals surface area contributed by atoms with Gasteiger partial charge in [-0.15, -0.1) is 0 Å². The number of rotatable bonds is 3. The first-order chi connectivity index (χ1) is 7.98. The Bertz CT molecular complexity index is 344. The second kappa shape index (κ2) is 4.41. The van der Waals surface area contributed by atoms with E-state index in [1.54, 1.807) is 13.8 Å². The quantitative estimate of drug-likeness (QED) is 0.409. The van der Waals surface area contributed by atoms with Gasteiger partial charge in [0.15, 0.2) is 12.1 Å². The third-order valence-electron chi connectivity index (χ3n) is 2.80. The van der Waals surface area contributed by atoms with Crippen molar-refractivity contribution in [1.29, 1.82) is 0 Å². The molecule has 96 valence electrons. The topological polar surface area (TPSA) is 117 Å². The van der Waals surface area contributed by atoms with Crippen LogP contribution in [0.15, 0.2) is 5.11 Å². The van der Waals surface area contributed by atoms with Gasteiger partial charge in [-0.2, -0.15) is 0 Å². The molecule has 2 saturated heterocycles. The number of hydrogen-bond donors (Lipinski definition) is 2. The summed E-state index contributed by atoms with van der Waals surface area (Å²) < 4.78 is 16.4. The summed E-state index contributed by atoms with van der Waals surface area (Å²) in [6.45, 7) is 2.96. The fraction of sp³-hybridized carbons (Fsp3) is 1.00. The first-order valence-electron chi connectivity index (χ1n) is 5.33. The molecule has 8 heteroatoms. The number of azide groups is 1. The van der Waals surface area contributed by atoms with Crippen molar-refractivity contribution in [2.45, 2.75) is 50.3 Å². The number of fused-ring (bicyclic) bond motifs is 1. The Hall–Kier alpha value is -0.890. The van der Waals surface area contributed by atoms with E-state index in [0.717, 1.165) is 0 Å². The van der Waals surface area contributed by atoms with Crippen molar-refractivity contribution < 1.29 is 24.4 Å². The highest BCUT2D eigenvalue weighted by atomic mass is 16.8. The van der Waals surface area contributed by atoms with Crippen molar-refractivity contribution in [1.82, 2.24) is 0 Å². The first-order valence-corrected chi connectivity index (χ1v) is 5.33. The molecule has 5 atom stereocenters. The first kappa shape index (κ1) is 12.6. The van der Waals surface area contributed by atoms with Gasteiger partial charge in [-0.3, -0.25) is 0 Å². The van der Waals surface area contributed by atoms with Crippen molar-refractivity contribution in [2.75, 3.05) is 6.61 Å². The SMILES string of the molecule is CC1(C)O[C@H]2O[C@@H]([C@H](O)CO)[C@H](N=[N+]=[N-])[C@H]2O1. The van der Waals surface area contributed by atoms with Crippen LogP contribution < -0.4 is 0 Å². The number of aliphatic hydroxyl groups excluding tert-OH is 2. The van der Waals surface area contributed by atoms with Crippen LogP contribution in [0.4, 0.5) is 0 Å². The summed E-state index contributed by atoms with van der Waals surface area (Å²) in [5.41, 5.74) is 8.51. The van der Waals surface area contributed by atoms with Crippen LogP contribution in [0.2, 0.25) is 0 Å². The maximum absolute atomic E-state index is 9.57. The van der Waals surface area contributed by atoms with Crippen molar-refractivity contribution in [3.63, 3.8) is 0 Å². The van der Waals surface area contributed by atoms with E-state index < -0.39 is 43.0 Å². The zero-order valence-corrected chi connectivity index (χ0v) is 9.55. The largest absolute Gasteiger partial charge is 0.394 e. The zero-order valence-electron chi connectivity index (χ0n) is 9.55. The molecular weight excluding hydrogens is 230 g/mol. The molecular formula is C9H15N3O5. The summed E-state index contributed by atoms with van der Waals surface area (Å²) in [5, 5.41) is 22.0. The zero-order chi connectivity index (χ0) is 12.6. The van der Waals surface area contributed by atoms with Crippen LogP contribution in [0.5, 0.6) is 0 Å². The lowest BCUT2D eigenvalue weighted by Crippen LogP contribution is -2.41. The van der Waals surface area contributed by atoms with Crippen molar-refractivity contribution >= 4 is 0 Å². The molecule has 0 aliphatic carbocycles. The van der Waals surface area contributed by atoms with Crippen LogP contribution in [0.3, 0.4) is 0 Å². The fourth-order valence-electron chi connectivity index (χ4n) is 2.13. The highest BCUT2D eigenvalue weighted by Crippen LogP contribution is 2.39. The molecule has 0 bridgehead atoms. The van der Waals surface area contributed by atoms with Gasteiger partial charge in [0.05, 0.1) is 12.6 Å². The van der Waals surface area contributed by atoms with Crippen molar-refractivity contribution in [3.8, 4) is 0 Å². The summed E-state index contributed by atoms with van der Waals surface area (Å²) >= 11 is 0. The standard InChI is InChI=1S/C9H15N3O5/c1-9(2)16-7-5(11-12-10)6(4(14)3-13)15-8(7)17-9/h4-8,13-14H,3H2,1-2H3/t4-,5+,6+,7-,8-/m1/s1. The summed E-state index contributed by atoms with van der Waals surface area (Å²) in [7, 11) is 0. The lowest BCUT2D eigenvalue weighted by molar-refractivity contribution is -0.217. The maximum Gasteiger partial charge on any atom is 0.188 e. The maximum atomic E-state index is 9.57. The highest BCUT2D eigenvalue weighted by Gasteiger charge is 2.55. The molecule has 2 rings (SSSR count). The molecule has 0 aromatic heterocycles. The predicted octanol–water partition coefficient (Wildman–Crippen LogP) is -0.105. The molecule has 0 radical (unpaired) electrons. The van der Waals surface area contributed by atoms with Crippen LogP contribution in [-0.2, 0) is 14.2 Å². The number of nitrogens with zero attached hydrogens (tertiary/aromatic N) is 3. The van der Waals surface area contributed by atoms with Crippen LogP contribution in [-0.4, -0.2) is 53.3 Å². The van der Waals surface area contributed by atoms with Crippen LogP contribution in [0, 0.1) is 0 Å². The van der Waals surface area contributed by atoms with E-state index in [-0.39, 0.29) is 0 Å². The van der Waals surface area contributed by atoms with E-state index in [9.17, 15) is 5.11 Å². The lowest BCUT2D eigenvalue weighted by Gasteiger charge is -2.25. The van der Waals surface area contributed by atoms with Gasteiger partial charge in [0.2, 0.25) is 0 Å². The lowest BCUT2D eigenvalue weighted by atomic mass is 10.0. The monoisotopic (exact) mass is 245 g/mol. The molecule has 0 amide bonds. The number of hydrogen-bond acceptors (Lipinski definition) is 6. The Morgan fingerprint density at radius 1 is 1.47 bits per heavy atom. The van der Waals surface area contributed by atoms with Gasteiger partial charge in [-0.05, 0) is 19.4 Å². The second-order valence-electron chi connectivity index (χ2n) is 4.51. The molecule has 2 N–H and O–H groups in total. The third kappa shape index (κ3) is 2.23. The van der Waals surface area contributed by atoms with Crippen LogP contribution in [0.1, 0.15) is 13.8 Å². The van der Waals surface area contributed by atoms with Gasteiger partial charge in [-0.1, -0.05) is 5.11 Å². The van der Waals surface area contributed by atoms with Gasteiger partial charge in [0.25, 0.3) is 0 Å². The van der Waals surface area contributed by atoms with E-state index in [1.807, 2.05) is 0 Å². The summed E-state index contributed by atoms with van der Waals surface area (Å²) in [5.74, 6) is -0.812. The average molecular weight is 245 g/mol. The van der Waals surface area contributed by atoms with E-state index >= 15 is 0 Å². The van der Waals surface area contributed by atoms with Gasteiger partial charge in [0.1, 0.15) is 18.3 Å². The molecule has 0 saturated carbocycles. The molecule has 2 fully saturated rings. The molecule has 0 aromatic rings. The Kier molecular flexibility index (Phi) is 3.26. The third-order valence-corrected chi connectivity index (χ3v) is 2.80. The molecule has 2 heterocycles. The van der Waals surface area contributed by atoms with E-state index in [1.165, 1.54) is 0 Å². The van der Waals surface area contributed by atoms with Gasteiger partial charge in [0, 0.05) is 4.91 Å². The Morgan fingerprint density at radius 3 is 2.76 bits per heavy atom. The average Bonchev–Trinajstić information content (AvgIpc) is 2.72. The van der Waals surface area contributed by atoms with E-state index in [2.05, 4.69) is 10.0 Å². The molecule has 0 unspecified atom stereocenters. The highest BCUT2D eigenvalue weighted by molar-refractivity contribution is 5.00. The Balaban J connectivity index is 2.18. The summed E-state index contributed by atoms with van der Waals surface area (Å²) in [4.78, 5) is 2.71. The fourth-order valence-corrected chi connectivity index (χ4v) is 2.13. The molecule has 2 aliphatic heterocycles. The Labute approximate surface area is 97.7 Å². The predicted molar refractivity (Wildman–Crippen MR) is 54.7 cm³/mol. The van der Waals surface area contributed by atoms with Crippen molar-refractivity contribution in [2.24, 2.45) is 5.11 Å². The normalized spacial score (nSPS) is 40.7. The van der Waals surface area contributed by atoms with Crippen LogP contribution >= 0.6 is 0 Å². The number of ether oxygens (including phenoxy) is 3. The number of aliphatic hydroxyl groups is 2. The second-order valence-corrected chi connectivity index (χ2v) is 4.51. The smallest absolute Gasteiger partial charge is 0.188 e. The van der Waals surface area contributed by atoms with E-state index in [4.69, 9.17) is 24.8 Å². The van der Waals surface area contributed by atoms with Gasteiger partial charge in [-0.25, -0.2) is 0 Å². The van der Waals surface area contributed by atoms with Gasteiger partial charge >= 0.3 is 0 Å². The van der Waals surface area contributed by atoms with Crippen molar-refractivity contribution in [3.05, 3.63) is 10.4 Å². The van der Waals surface area contributed by atoms with Crippen LogP contribution in [0.25, 0.3) is 10.4 Å². The van der Waals surface area contributed by atoms with E-state index in [0.29, 0.717) is 0 Å².